The molecule has 0 heterocycles. The van der Waals surface area contributed by atoms with Crippen LogP contribution in [0.4, 0.5) is 0 Å². The fourth-order valence-electron chi connectivity index (χ4n) is 1.21. The summed E-state index contributed by atoms with van der Waals surface area (Å²) in [5, 5.41) is 0. The maximum absolute atomic E-state index is 5.66. The second-order valence-electron chi connectivity index (χ2n) is 2.79. The van der Waals surface area contributed by atoms with Crippen molar-refractivity contribution < 1.29 is 16.8 Å². The molecule has 0 aromatic heterocycles. The van der Waals surface area contributed by atoms with Crippen LogP contribution in [0.25, 0.3) is 0 Å². The van der Waals surface area contributed by atoms with Crippen LogP contribution in [0.15, 0.2) is 0 Å². The van der Waals surface area contributed by atoms with Gasteiger partial charge in [-0.3, -0.25) is 0 Å². The predicted molar refractivity (Wildman–Crippen MR) is 34.2 cm³/mol. The van der Waals surface area contributed by atoms with E-state index in [9.17, 15) is 0 Å². The van der Waals surface area contributed by atoms with Crippen LogP contribution in [0.3, 0.4) is 0 Å². The van der Waals surface area contributed by atoms with E-state index in [1.807, 2.05) is 0 Å². The van der Waals surface area contributed by atoms with Crippen LogP contribution in [0, 0.1) is 0 Å². The molecule has 1 radical (unpaired) electrons. The molecular weight excluding hydrogens is 159 g/mol. The van der Waals surface area contributed by atoms with E-state index < -0.39 is 0 Å². The molecule has 0 spiro atoms. The van der Waals surface area contributed by atoms with Gasteiger partial charge < -0.3 is 11.5 Å². The Balaban J connectivity index is 0.000000640. The third-order valence-electron chi connectivity index (χ3n) is 1.78. The summed E-state index contributed by atoms with van der Waals surface area (Å²) < 4.78 is 0. The molecule has 57 valence electrons. The first kappa shape index (κ1) is 9.43. The number of hydrogen-bond donors (Lipinski definition) is 2. The first-order chi connectivity index (χ1) is 3.71. The fraction of sp³-hybridized carbons (Fsp3) is 1.00. The van der Waals surface area contributed by atoms with Crippen molar-refractivity contribution in [2.75, 3.05) is 0 Å². The Kier molecular flexibility index (Phi) is 3.73. The monoisotopic (exact) mass is 173 g/mol. The topological polar surface area (TPSA) is 52.0 Å². The average molecular weight is 173 g/mol. The molecule has 2 nitrogen and oxygen atoms in total. The first-order valence-corrected chi connectivity index (χ1v) is 3.28. The van der Waals surface area contributed by atoms with E-state index in [0.29, 0.717) is 0 Å². The van der Waals surface area contributed by atoms with Gasteiger partial charge >= 0.3 is 0 Å². The van der Waals surface area contributed by atoms with E-state index in [-0.39, 0.29) is 22.4 Å². The molecule has 0 aromatic carbocycles. The molecule has 1 rings (SSSR count). The molecule has 4 N–H and O–H groups in total. The quantitative estimate of drug-likeness (QED) is 0.526. The second-order valence-corrected chi connectivity index (χ2v) is 2.79. The standard InChI is InChI=1S/C6H14N2.Co/c7-6(8)4-2-1-3-5-6;/h1-5,7-8H2;. The van der Waals surface area contributed by atoms with Crippen molar-refractivity contribution in [2.45, 2.75) is 37.8 Å². The summed E-state index contributed by atoms with van der Waals surface area (Å²) in [7, 11) is 0. The van der Waals surface area contributed by atoms with E-state index in [0.717, 1.165) is 12.8 Å². The molecule has 1 aliphatic rings. The molecule has 3 heteroatoms. The zero-order valence-corrected chi connectivity index (χ0v) is 6.56. The van der Waals surface area contributed by atoms with Crippen LogP contribution >= 0.6 is 0 Å². The molecule has 9 heavy (non-hydrogen) atoms. The normalized spacial score (nSPS) is 24.7. The van der Waals surface area contributed by atoms with Crippen molar-refractivity contribution in [1.29, 1.82) is 0 Å². The van der Waals surface area contributed by atoms with Gasteiger partial charge in [0.05, 0.1) is 5.66 Å². The van der Waals surface area contributed by atoms with Gasteiger partial charge in [-0.1, -0.05) is 19.3 Å². The summed E-state index contributed by atoms with van der Waals surface area (Å²) in [6.45, 7) is 0. The summed E-state index contributed by atoms with van der Waals surface area (Å²) in [4.78, 5) is 0. The summed E-state index contributed by atoms with van der Waals surface area (Å²) in [6, 6.07) is 0. The maximum Gasteiger partial charge on any atom is 0.0636 e. The summed E-state index contributed by atoms with van der Waals surface area (Å²) in [5.41, 5.74) is 11.0. The largest absolute Gasteiger partial charge is 0.313 e. The van der Waals surface area contributed by atoms with Gasteiger partial charge in [0.15, 0.2) is 0 Å². The first-order valence-electron chi connectivity index (χ1n) is 3.28. The Bertz CT molecular complexity index is 75.1. The third-order valence-corrected chi connectivity index (χ3v) is 1.78. The third kappa shape index (κ3) is 3.20. The average Bonchev–Trinajstić information content (AvgIpc) is 1.65. The van der Waals surface area contributed by atoms with Crippen molar-refractivity contribution in [3.63, 3.8) is 0 Å². The fourth-order valence-corrected chi connectivity index (χ4v) is 1.21. The van der Waals surface area contributed by atoms with Gasteiger partial charge in [-0.2, -0.15) is 0 Å². The molecule has 0 saturated heterocycles. The molecule has 0 bridgehead atoms. The molecule has 1 fully saturated rings. The molecule has 0 unspecified atom stereocenters. The van der Waals surface area contributed by atoms with Crippen LogP contribution in [0.2, 0.25) is 0 Å². The van der Waals surface area contributed by atoms with E-state index in [4.69, 9.17) is 11.5 Å². The van der Waals surface area contributed by atoms with Crippen molar-refractivity contribution in [3.8, 4) is 0 Å². The van der Waals surface area contributed by atoms with E-state index in [1.165, 1.54) is 19.3 Å². The Morgan fingerprint density at radius 1 is 0.889 bits per heavy atom. The molecule has 1 aliphatic carbocycles. The number of hydrogen-bond acceptors (Lipinski definition) is 2. The Morgan fingerprint density at radius 2 is 1.33 bits per heavy atom. The van der Waals surface area contributed by atoms with Gasteiger partial charge in [0.2, 0.25) is 0 Å². The van der Waals surface area contributed by atoms with Gasteiger partial charge in [0.1, 0.15) is 0 Å². The summed E-state index contributed by atoms with van der Waals surface area (Å²) in [6.07, 6.45) is 5.76. The van der Waals surface area contributed by atoms with Crippen LogP contribution in [-0.4, -0.2) is 5.66 Å². The number of nitrogens with two attached hydrogens (primary N) is 2. The van der Waals surface area contributed by atoms with Crippen LogP contribution in [0.5, 0.6) is 0 Å². The summed E-state index contributed by atoms with van der Waals surface area (Å²) >= 11 is 0. The van der Waals surface area contributed by atoms with Gasteiger partial charge in [0, 0.05) is 16.8 Å². The van der Waals surface area contributed by atoms with Crippen molar-refractivity contribution >= 4 is 0 Å². The maximum atomic E-state index is 5.66. The summed E-state index contributed by atoms with van der Waals surface area (Å²) in [5.74, 6) is 0. The van der Waals surface area contributed by atoms with Crippen molar-refractivity contribution in [2.24, 2.45) is 11.5 Å². The number of rotatable bonds is 0. The minimum atomic E-state index is -0.321. The Morgan fingerprint density at radius 3 is 1.56 bits per heavy atom. The van der Waals surface area contributed by atoms with E-state index in [2.05, 4.69) is 0 Å². The molecular formula is C6H14CoN2. The minimum Gasteiger partial charge on any atom is -0.313 e. The Hall–Kier alpha value is 0.426. The minimum absolute atomic E-state index is 0. The second kappa shape index (κ2) is 3.56. The zero-order chi connectivity index (χ0) is 6.04. The van der Waals surface area contributed by atoms with Gasteiger partial charge in [-0.15, -0.1) is 0 Å². The molecule has 0 atom stereocenters. The van der Waals surface area contributed by atoms with E-state index in [1.54, 1.807) is 0 Å². The van der Waals surface area contributed by atoms with Crippen molar-refractivity contribution in [3.05, 3.63) is 0 Å². The van der Waals surface area contributed by atoms with Crippen molar-refractivity contribution in [1.82, 2.24) is 0 Å². The SMILES string of the molecule is NC1(N)CCCCC1.[Co]. The smallest absolute Gasteiger partial charge is 0.0636 e. The predicted octanol–water partition coefficient (Wildman–Crippen LogP) is 0.562. The van der Waals surface area contributed by atoms with Gasteiger partial charge in [-0.25, -0.2) is 0 Å². The van der Waals surface area contributed by atoms with E-state index >= 15 is 0 Å². The molecule has 1 saturated carbocycles. The van der Waals surface area contributed by atoms with Gasteiger partial charge in [-0.05, 0) is 12.8 Å². The molecule has 0 amide bonds. The molecule has 0 aromatic rings. The zero-order valence-electron chi connectivity index (χ0n) is 5.52. The van der Waals surface area contributed by atoms with Crippen LogP contribution in [-0.2, 0) is 16.8 Å². The van der Waals surface area contributed by atoms with Crippen LogP contribution in [0.1, 0.15) is 32.1 Å². The Labute approximate surface area is 66.6 Å². The molecule has 0 aliphatic heterocycles. The van der Waals surface area contributed by atoms with Crippen LogP contribution < -0.4 is 11.5 Å². The van der Waals surface area contributed by atoms with Gasteiger partial charge in [0.25, 0.3) is 0 Å².